The largest absolute Gasteiger partial charge is 0.331 e. The van der Waals surface area contributed by atoms with Crippen LogP contribution in [-0.4, -0.2) is 31.6 Å². The zero-order valence-electron chi connectivity index (χ0n) is 16.6. The van der Waals surface area contributed by atoms with Crippen LogP contribution in [0.2, 0.25) is 0 Å². The normalized spacial score (nSPS) is 14.1. The van der Waals surface area contributed by atoms with Gasteiger partial charge in [0.2, 0.25) is 5.91 Å². The van der Waals surface area contributed by atoms with Gasteiger partial charge in [0.1, 0.15) is 17.5 Å². The first-order valence-corrected chi connectivity index (χ1v) is 9.59. The summed E-state index contributed by atoms with van der Waals surface area (Å²) in [6.07, 6.45) is -0.290. The Hall–Kier alpha value is -3.27. The smallest absolute Gasteiger partial charge is 0.224 e. The fourth-order valence-corrected chi connectivity index (χ4v) is 3.74. The molecule has 0 saturated heterocycles. The van der Waals surface area contributed by atoms with Crippen LogP contribution >= 0.6 is 0 Å². The van der Waals surface area contributed by atoms with E-state index in [-0.39, 0.29) is 37.4 Å². The Kier molecular flexibility index (Phi) is 5.48. The van der Waals surface area contributed by atoms with Crippen LogP contribution < -0.4 is 5.73 Å². The summed E-state index contributed by atoms with van der Waals surface area (Å²) in [4.78, 5) is 14.4. The van der Waals surface area contributed by atoms with Gasteiger partial charge in [-0.15, -0.1) is 10.2 Å². The molecule has 2 aromatic carbocycles. The SMILES string of the molecule is Cc1nnc2n1-c1cc(F)ccc1CN(C(=O)C[C@H](N)Cc1cc(F)c(F)cc1F)C2. The lowest BCUT2D eigenvalue weighted by molar-refractivity contribution is -0.132. The van der Waals surface area contributed by atoms with E-state index >= 15 is 0 Å². The summed E-state index contributed by atoms with van der Waals surface area (Å²) in [5.41, 5.74) is 7.17. The van der Waals surface area contributed by atoms with Crippen LogP contribution in [0.25, 0.3) is 5.69 Å². The Balaban J connectivity index is 1.54. The van der Waals surface area contributed by atoms with E-state index < -0.39 is 29.3 Å². The van der Waals surface area contributed by atoms with Gasteiger partial charge in [0, 0.05) is 25.1 Å². The van der Waals surface area contributed by atoms with Crippen molar-refractivity contribution >= 4 is 5.91 Å². The molecule has 0 bridgehead atoms. The summed E-state index contributed by atoms with van der Waals surface area (Å²) >= 11 is 0. The Morgan fingerprint density at radius 3 is 2.58 bits per heavy atom. The second-order valence-corrected chi connectivity index (χ2v) is 7.55. The highest BCUT2D eigenvalue weighted by atomic mass is 19.2. The predicted octanol–water partition coefficient (Wildman–Crippen LogP) is 2.93. The van der Waals surface area contributed by atoms with Crippen molar-refractivity contribution in [1.82, 2.24) is 19.7 Å². The number of carbonyl (C=O) groups is 1. The molecular weight excluding hydrogens is 414 g/mol. The van der Waals surface area contributed by atoms with Crippen LogP contribution in [0.15, 0.2) is 30.3 Å². The van der Waals surface area contributed by atoms with Crippen LogP contribution in [-0.2, 0) is 24.3 Å². The number of amides is 1. The lowest BCUT2D eigenvalue weighted by Gasteiger charge is -2.22. The molecule has 31 heavy (non-hydrogen) atoms. The third kappa shape index (κ3) is 4.15. The number of aryl methyl sites for hydroxylation is 1. The van der Waals surface area contributed by atoms with Gasteiger partial charge >= 0.3 is 0 Å². The maximum Gasteiger partial charge on any atom is 0.224 e. The van der Waals surface area contributed by atoms with Gasteiger partial charge in [-0.3, -0.25) is 9.36 Å². The van der Waals surface area contributed by atoms with Gasteiger partial charge in [0.25, 0.3) is 0 Å². The van der Waals surface area contributed by atoms with Crippen LogP contribution in [0.4, 0.5) is 17.6 Å². The Labute approximate surface area is 175 Å². The molecule has 0 fully saturated rings. The highest BCUT2D eigenvalue weighted by Crippen LogP contribution is 2.26. The van der Waals surface area contributed by atoms with Gasteiger partial charge in [-0.1, -0.05) is 6.07 Å². The van der Waals surface area contributed by atoms with Gasteiger partial charge in [0.05, 0.1) is 12.2 Å². The molecule has 10 heteroatoms. The average molecular weight is 433 g/mol. The number of halogens is 4. The van der Waals surface area contributed by atoms with E-state index in [2.05, 4.69) is 10.2 Å². The third-order valence-electron chi connectivity index (χ3n) is 5.23. The number of benzene rings is 2. The van der Waals surface area contributed by atoms with Gasteiger partial charge in [-0.05, 0) is 42.7 Å². The Morgan fingerprint density at radius 2 is 1.81 bits per heavy atom. The molecule has 4 rings (SSSR count). The van der Waals surface area contributed by atoms with Crippen molar-refractivity contribution in [2.45, 2.75) is 38.9 Å². The quantitative estimate of drug-likeness (QED) is 0.507. The van der Waals surface area contributed by atoms with E-state index in [1.165, 1.54) is 17.0 Å². The summed E-state index contributed by atoms with van der Waals surface area (Å²) < 4.78 is 56.0. The molecule has 1 aliphatic heterocycles. The van der Waals surface area contributed by atoms with E-state index in [9.17, 15) is 22.4 Å². The summed E-state index contributed by atoms with van der Waals surface area (Å²) in [5, 5.41) is 8.12. The van der Waals surface area contributed by atoms with E-state index in [0.29, 0.717) is 29.0 Å². The van der Waals surface area contributed by atoms with Gasteiger partial charge in [-0.2, -0.15) is 0 Å². The molecule has 162 valence electrons. The molecule has 2 heterocycles. The summed E-state index contributed by atoms with van der Waals surface area (Å²) in [6.45, 7) is 2.06. The number of rotatable bonds is 4. The molecule has 1 aromatic heterocycles. The van der Waals surface area contributed by atoms with Crippen LogP contribution in [0.5, 0.6) is 0 Å². The number of hydrogen-bond acceptors (Lipinski definition) is 4. The minimum atomic E-state index is -1.29. The predicted molar refractivity (Wildman–Crippen MR) is 103 cm³/mol. The number of hydrogen-bond donors (Lipinski definition) is 1. The zero-order chi connectivity index (χ0) is 22.3. The van der Waals surface area contributed by atoms with E-state index in [0.717, 1.165) is 6.07 Å². The van der Waals surface area contributed by atoms with Gasteiger partial charge in [-0.25, -0.2) is 17.6 Å². The molecular formula is C21H19F4N5O. The zero-order valence-corrected chi connectivity index (χ0v) is 16.6. The molecule has 2 N–H and O–H groups in total. The second-order valence-electron chi connectivity index (χ2n) is 7.55. The van der Waals surface area contributed by atoms with E-state index in [4.69, 9.17) is 5.73 Å². The minimum Gasteiger partial charge on any atom is -0.331 e. The van der Waals surface area contributed by atoms with Crippen LogP contribution in [0.1, 0.15) is 29.2 Å². The molecule has 0 saturated carbocycles. The fraction of sp³-hybridized carbons (Fsp3) is 0.286. The number of fused-ring (bicyclic) bond motifs is 3. The lowest BCUT2D eigenvalue weighted by atomic mass is 10.0. The average Bonchev–Trinajstić information content (AvgIpc) is 2.97. The van der Waals surface area contributed by atoms with Crippen LogP contribution in [0.3, 0.4) is 0 Å². The Bertz CT molecular complexity index is 1160. The van der Waals surface area contributed by atoms with Crippen molar-refractivity contribution in [2.24, 2.45) is 5.73 Å². The second kappa shape index (κ2) is 8.10. The standard InChI is InChI=1S/C21H19F4N5O/c1-11-27-28-20-10-29(9-12-2-3-14(22)6-19(12)30(11)20)21(31)7-15(26)4-13-5-17(24)18(25)8-16(13)23/h2-3,5-6,8,15H,4,7,9-10,26H2,1H3/t15-/m1/s1. The van der Waals surface area contributed by atoms with Crippen molar-refractivity contribution in [3.05, 3.63) is 76.4 Å². The van der Waals surface area contributed by atoms with Crippen molar-refractivity contribution in [1.29, 1.82) is 0 Å². The van der Waals surface area contributed by atoms with Crippen molar-refractivity contribution in [3.8, 4) is 5.69 Å². The molecule has 1 amide bonds. The monoisotopic (exact) mass is 433 g/mol. The highest BCUT2D eigenvalue weighted by molar-refractivity contribution is 5.77. The lowest BCUT2D eigenvalue weighted by Crippen LogP contribution is -2.36. The maximum atomic E-state index is 13.9. The highest BCUT2D eigenvalue weighted by Gasteiger charge is 2.27. The van der Waals surface area contributed by atoms with Crippen LogP contribution in [0, 0.1) is 30.2 Å². The molecule has 0 radical (unpaired) electrons. The number of nitrogens with two attached hydrogens (primary N) is 1. The van der Waals surface area contributed by atoms with Crippen molar-refractivity contribution < 1.29 is 22.4 Å². The summed E-state index contributed by atoms with van der Waals surface area (Å²) in [7, 11) is 0. The maximum absolute atomic E-state index is 13.9. The molecule has 6 nitrogen and oxygen atoms in total. The summed E-state index contributed by atoms with van der Waals surface area (Å²) in [5.74, 6) is -3.12. The fourth-order valence-electron chi connectivity index (χ4n) is 3.74. The molecule has 0 aliphatic carbocycles. The molecule has 1 atom stereocenters. The number of aromatic nitrogens is 3. The molecule has 3 aromatic rings. The first-order valence-electron chi connectivity index (χ1n) is 9.59. The van der Waals surface area contributed by atoms with Gasteiger partial charge < -0.3 is 10.6 Å². The first-order chi connectivity index (χ1) is 14.7. The minimum absolute atomic E-state index is 0.105. The van der Waals surface area contributed by atoms with E-state index in [1.54, 1.807) is 17.6 Å². The number of carbonyl (C=O) groups excluding carboxylic acids is 1. The van der Waals surface area contributed by atoms with Gasteiger partial charge in [0.15, 0.2) is 17.5 Å². The first kappa shape index (κ1) is 21.0. The Morgan fingerprint density at radius 1 is 1.06 bits per heavy atom. The third-order valence-corrected chi connectivity index (χ3v) is 5.23. The number of nitrogens with zero attached hydrogens (tertiary/aromatic N) is 4. The van der Waals surface area contributed by atoms with Crippen molar-refractivity contribution in [3.63, 3.8) is 0 Å². The van der Waals surface area contributed by atoms with Crippen molar-refractivity contribution in [2.75, 3.05) is 0 Å². The molecule has 1 aliphatic rings. The summed E-state index contributed by atoms with van der Waals surface area (Å²) in [6, 6.07) is 4.65. The van der Waals surface area contributed by atoms with E-state index in [1.807, 2.05) is 0 Å². The topological polar surface area (TPSA) is 77.0 Å². The molecule has 0 unspecified atom stereocenters. The molecule has 0 spiro atoms.